The number of amides is 1. The predicted molar refractivity (Wildman–Crippen MR) is 119 cm³/mol. The van der Waals surface area contributed by atoms with Gasteiger partial charge in [-0.15, -0.1) is 0 Å². The van der Waals surface area contributed by atoms with Gasteiger partial charge in [-0.05, 0) is 52.0 Å². The first-order chi connectivity index (χ1) is 15.3. The molecule has 1 aliphatic heterocycles. The molecule has 164 valence electrons. The van der Waals surface area contributed by atoms with Crippen LogP contribution in [0.2, 0.25) is 0 Å². The Labute approximate surface area is 185 Å². The molecule has 0 atom stereocenters. The monoisotopic (exact) mass is 431 g/mol. The second-order valence-corrected chi connectivity index (χ2v) is 9.07. The van der Waals surface area contributed by atoms with E-state index in [9.17, 15) is 4.79 Å². The Kier molecular flexibility index (Phi) is 4.69. The summed E-state index contributed by atoms with van der Waals surface area (Å²) in [5.41, 5.74) is 4.56. The summed E-state index contributed by atoms with van der Waals surface area (Å²) in [4.78, 5) is 31.3. The SMILES string of the molecule is Cc1cccc(-c2nc(C3CN(C(=O)OC(C)(C)C)C3)[nH]c2-c2ccc3ncnn3c2)n1. The molecule has 0 bridgehead atoms. The summed E-state index contributed by atoms with van der Waals surface area (Å²) >= 11 is 0. The Morgan fingerprint density at radius 2 is 1.97 bits per heavy atom. The summed E-state index contributed by atoms with van der Waals surface area (Å²) in [5, 5.41) is 4.25. The summed E-state index contributed by atoms with van der Waals surface area (Å²) in [6.07, 6.45) is 3.16. The van der Waals surface area contributed by atoms with E-state index in [0.29, 0.717) is 13.1 Å². The Morgan fingerprint density at radius 1 is 1.16 bits per heavy atom. The van der Waals surface area contributed by atoms with Crippen molar-refractivity contribution < 1.29 is 9.53 Å². The molecule has 4 aromatic heterocycles. The van der Waals surface area contributed by atoms with E-state index in [1.165, 1.54) is 6.33 Å². The number of likely N-dealkylation sites (tertiary alicyclic amines) is 1. The molecule has 0 spiro atoms. The van der Waals surface area contributed by atoms with Gasteiger partial charge in [0.2, 0.25) is 0 Å². The van der Waals surface area contributed by atoms with Crippen LogP contribution < -0.4 is 0 Å². The standard InChI is InChI=1S/C23H25N7O2/c1-14-6-5-7-17(26-14)20-19(15-8-9-18-24-13-25-30(18)12-15)27-21(28-20)16-10-29(11-16)22(31)32-23(2,3)4/h5-9,12-13,16H,10-11H2,1-4H3,(H,27,28). The van der Waals surface area contributed by atoms with Crippen molar-refractivity contribution in [3.63, 3.8) is 0 Å². The molecule has 4 aromatic rings. The third-order valence-electron chi connectivity index (χ3n) is 5.34. The molecular weight excluding hydrogens is 406 g/mol. The van der Waals surface area contributed by atoms with E-state index < -0.39 is 5.60 Å². The van der Waals surface area contributed by atoms with Crippen molar-refractivity contribution in [2.45, 2.75) is 39.2 Å². The largest absolute Gasteiger partial charge is 0.444 e. The quantitative estimate of drug-likeness (QED) is 0.529. The maximum atomic E-state index is 12.3. The fraction of sp³-hybridized carbons (Fsp3) is 0.348. The number of nitrogens with zero attached hydrogens (tertiary/aromatic N) is 6. The van der Waals surface area contributed by atoms with Crippen molar-refractivity contribution >= 4 is 11.7 Å². The van der Waals surface area contributed by atoms with E-state index in [2.05, 4.69) is 20.1 Å². The maximum absolute atomic E-state index is 12.3. The molecule has 5 heterocycles. The van der Waals surface area contributed by atoms with Crippen molar-refractivity contribution in [1.29, 1.82) is 0 Å². The van der Waals surface area contributed by atoms with Gasteiger partial charge in [-0.2, -0.15) is 5.10 Å². The lowest BCUT2D eigenvalue weighted by Gasteiger charge is -2.38. The molecule has 1 N–H and O–H groups in total. The number of hydrogen-bond acceptors (Lipinski definition) is 6. The van der Waals surface area contributed by atoms with Gasteiger partial charge in [-0.3, -0.25) is 4.98 Å². The van der Waals surface area contributed by atoms with Crippen LogP contribution >= 0.6 is 0 Å². The van der Waals surface area contributed by atoms with Gasteiger partial charge in [0.15, 0.2) is 5.65 Å². The Hall–Kier alpha value is -3.75. The first-order valence-corrected chi connectivity index (χ1v) is 10.6. The highest BCUT2D eigenvalue weighted by Gasteiger charge is 2.37. The number of rotatable bonds is 3. The number of fused-ring (bicyclic) bond motifs is 1. The smallest absolute Gasteiger partial charge is 0.410 e. The highest BCUT2D eigenvalue weighted by atomic mass is 16.6. The summed E-state index contributed by atoms with van der Waals surface area (Å²) in [6, 6.07) is 9.81. The van der Waals surface area contributed by atoms with Gasteiger partial charge in [0, 0.05) is 30.5 Å². The highest BCUT2D eigenvalue weighted by Crippen LogP contribution is 2.34. The maximum Gasteiger partial charge on any atom is 0.410 e. The van der Waals surface area contributed by atoms with Gasteiger partial charge in [0.05, 0.1) is 17.3 Å². The normalized spacial score (nSPS) is 14.6. The number of nitrogens with one attached hydrogen (secondary N) is 1. The average Bonchev–Trinajstić information content (AvgIpc) is 3.32. The third-order valence-corrected chi connectivity index (χ3v) is 5.34. The molecule has 0 radical (unpaired) electrons. The number of carbonyl (C=O) groups is 1. The summed E-state index contributed by atoms with van der Waals surface area (Å²) in [7, 11) is 0. The number of imidazole rings is 1. The molecule has 9 nitrogen and oxygen atoms in total. The van der Waals surface area contributed by atoms with Gasteiger partial charge in [0.1, 0.15) is 23.4 Å². The zero-order valence-electron chi connectivity index (χ0n) is 18.5. The lowest BCUT2D eigenvalue weighted by Crippen LogP contribution is -2.50. The summed E-state index contributed by atoms with van der Waals surface area (Å²) < 4.78 is 7.20. The second kappa shape index (κ2) is 7.44. The van der Waals surface area contributed by atoms with Crippen LogP contribution in [0.15, 0.2) is 42.9 Å². The Morgan fingerprint density at radius 3 is 2.72 bits per heavy atom. The lowest BCUT2D eigenvalue weighted by atomic mass is 10.0. The number of pyridine rings is 2. The number of carbonyl (C=O) groups excluding carboxylic acids is 1. The number of aryl methyl sites for hydroxylation is 1. The van der Waals surface area contributed by atoms with Gasteiger partial charge in [0.25, 0.3) is 0 Å². The Balaban J connectivity index is 1.48. The summed E-state index contributed by atoms with van der Waals surface area (Å²) in [5.74, 6) is 0.937. The molecule has 1 aliphatic rings. The molecule has 9 heteroatoms. The van der Waals surface area contributed by atoms with Crippen LogP contribution in [0.1, 0.15) is 38.2 Å². The van der Waals surface area contributed by atoms with Crippen molar-refractivity contribution in [1.82, 2.24) is 34.4 Å². The first kappa shape index (κ1) is 20.2. The molecule has 1 amide bonds. The van der Waals surface area contributed by atoms with Crippen LogP contribution in [0.3, 0.4) is 0 Å². The van der Waals surface area contributed by atoms with Gasteiger partial charge < -0.3 is 14.6 Å². The second-order valence-electron chi connectivity index (χ2n) is 9.07. The lowest BCUT2D eigenvalue weighted by molar-refractivity contribution is 0.00760. The molecule has 0 unspecified atom stereocenters. The molecule has 5 rings (SSSR count). The van der Waals surface area contributed by atoms with Crippen LogP contribution in [-0.4, -0.2) is 59.2 Å². The van der Waals surface area contributed by atoms with E-state index in [0.717, 1.165) is 39.8 Å². The highest BCUT2D eigenvalue weighted by molar-refractivity contribution is 5.77. The predicted octanol–water partition coefficient (Wildman–Crippen LogP) is 3.82. The molecule has 1 fully saturated rings. The van der Waals surface area contributed by atoms with E-state index in [1.807, 2.05) is 64.2 Å². The van der Waals surface area contributed by atoms with Gasteiger partial charge in [-0.25, -0.2) is 19.3 Å². The van der Waals surface area contributed by atoms with Gasteiger partial charge >= 0.3 is 6.09 Å². The minimum atomic E-state index is -0.510. The Bertz CT molecular complexity index is 1300. The van der Waals surface area contributed by atoms with E-state index in [-0.39, 0.29) is 12.0 Å². The van der Waals surface area contributed by atoms with Crippen LogP contribution in [-0.2, 0) is 4.74 Å². The van der Waals surface area contributed by atoms with Crippen molar-refractivity contribution in [2.75, 3.05) is 13.1 Å². The number of aromatic amines is 1. The van der Waals surface area contributed by atoms with Crippen LogP contribution in [0.5, 0.6) is 0 Å². The zero-order chi connectivity index (χ0) is 22.5. The fourth-order valence-corrected chi connectivity index (χ4v) is 3.75. The average molecular weight is 432 g/mol. The zero-order valence-corrected chi connectivity index (χ0v) is 18.5. The molecule has 32 heavy (non-hydrogen) atoms. The minimum absolute atomic E-state index is 0.106. The van der Waals surface area contributed by atoms with Crippen LogP contribution in [0, 0.1) is 6.92 Å². The topological polar surface area (TPSA) is 101 Å². The van der Waals surface area contributed by atoms with Crippen LogP contribution in [0.25, 0.3) is 28.3 Å². The molecule has 0 aromatic carbocycles. The van der Waals surface area contributed by atoms with Crippen molar-refractivity contribution in [2.24, 2.45) is 0 Å². The van der Waals surface area contributed by atoms with E-state index in [1.54, 1.807) is 9.42 Å². The molecule has 0 saturated carbocycles. The van der Waals surface area contributed by atoms with E-state index >= 15 is 0 Å². The molecular formula is C23H25N7O2. The third kappa shape index (κ3) is 3.81. The number of ether oxygens (including phenoxy) is 1. The van der Waals surface area contributed by atoms with Crippen LogP contribution in [0.4, 0.5) is 4.79 Å². The minimum Gasteiger partial charge on any atom is -0.444 e. The number of hydrogen-bond donors (Lipinski definition) is 1. The fourth-order valence-electron chi connectivity index (χ4n) is 3.75. The van der Waals surface area contributed by atoms with Crippen molar-refractivity contribution in [3.05, 3.63) is 54.4 Å². The van der Waals surface area contributed by atoms with Gasteiger partial charge in [-0.1, -0.05) is 6.07 Å². The first-order valence-electron chi connectivity index (χ1n) is 10.6. The number of H-pyrrole nitrogens is 1. The number of aromatic nitrogens is 6. The summed E-state index contributed by atoms with van der Waals surface area (Å²) in [6.45, 7) is 8.69. The molecule has 0 aliphatic carbocycles. The van der Waals surface area contributed by atoms with E-state index in [4.69, 9.17) is 9.72 Å². The van der Waals surface area contributed by atoms with Crippen molar-refractivity contribution in [3.8, 4) is 22.6 Å². The molecule has 1 saturated heterocycles.